The van der Waals surface area contributed by atoms with Gasteiger partial charge in [-0.25, -0.2) is 56.2 Å². The van der Waals surface area contributed by atoms with Gasteiger partial charge in [0.2, 0.25) is 0 Å². The molecule has 0 aliphatic heterocycles. The van der Waals surface area contributed by atoms with Gasteiger partial charge in [-0.3, -0.25) is 0 Å². The zero-order valence-electron chi connectivity index (χ0n) is 28.9. The van der Waals surface area contributed by atoms with E-state index < -0.39 is 42.0 Å². The summed E-state index contributed by atoms with van der Waals surface area (Å²) in [6.07, 6.45) is 3.06. The summed E-state index contributed by atoms with van der Waals surface area (Å²) >= 11 is 1.94. The molecule has 0 aliphatic carbocycles. The number of anilines is 4. The van der Waals surface area contributed by atoms with Crippen LogP contribution in [0.2, 0.25) is 0 Å². The SMILES string of the molecule is Cn1cnc2c(Nc3c(F)cccc3F)nc(-c3ccccc3F)nc21.Cn1cnc2c(Nc3c(F)cccc3F)nc(I)nc21.OB(O)c1ccccc1F. The van der Waals surface area contributed by atoms with E-state index in [4.69, 9.17) is 10.0 Å². The van der Waals surface area contributed by atoms with Gasteiger partial charge in [0.05, 0.1) is 18.2 Å². The second-order valence-electron chi connectivity index (χ2n) is 11.6. The smallest absolute Gasteiger partial charge is 0.423 e. The molecule has 284 valence electrons. The van der Waals surface area contributed by atoms with E-state index in [0.717, 1.165) is 12.1 Å². The Morgan fingerprint density at radius 2 is 1.00 bits per heavy atom. The Morgan fingerprint density at radius 3 is 1.48 bits per heavy atom. The Bertz CT molecular complexity index is 2640. The number of aromatic nitrogens is 8. The predicted octanol–water partition coefficient (Wildman–Crippen LogP) is 6.69. The number of para-hydroxylation sites is 2. The molecule has 0 unspecified atom stereocenters. The number of hydrogen-bond donors (Lipinski definition) is 4. The van der Waals surface area contributed by atoms with Gasteiger partial charge in [0.15, 0.2) is 43.6 Å². The first-order valence-corrected chi connectivity index (χ1v) is 17.2. The lowest BCUT2D eigenvalue weighted by atomic mass is 9.80. The Morgan fingerprint density at radius 1 is 0.554 bits per heavy atom. The van der Waals surface area contributed by atoms with Crippen LogP contribution in [0.25, 0.3) is 33.7 Å². The van der Waals surface area contributed by atoms with Crippen LogP contribution in [-0.2, 0) is 14.1 Å². The summed E-state index contributed by atoms with van der Waals surface area (Å²) in [4.78, 5) is 25.3. The Labute approximate surface area is 327 Å². The molecule has 0 amide bonds. The minimum absolute atomic E-state index is 0.0813. The molecule has 0 aliphatic rings. The van der Waals surface area contributed by atoms with Crippen molar-refractivity contribution in [1.82, 2.24) is 39.0 Å². The second-order valence-corrected chi connectivity index (χ2v) is 12.6. The van der Waals surface area contributed by atoms with Crippen molar-refractivity contribution < 1.29 is 36.4 Å². The molecule has 0 radical (unpaired) electrons. The minimum Gasteiger partial charge on any atom is -0.423 e. The Hall–Kier alpha value is -6.13. The van der Waals surface area contributed by atoms with Crippen molar-refractivity contribution in [3.05, 3.63) is 136 Å². The minimum atomic E-state index is -1.72. The van der Waals surface area contributed by atoms with Gasteiger partial charge in [-0.15, -0.1) is 0 Å². The zero-order valence-corrected chi connectivity index (χ0v) is 31.1. The molecule has 20 heteroatoms. The van der Waals surface area contributed by atoms with Crippen LogP contribution in [0.3, 0.4) is 0 Å². The van der Waals surface area contributed by atoms with Crippen LogP contribution in [0.4, 0.5) is 49.4 Å². The lowest BCUT2D eigenvalue weighted by Gasteiger charge is -2.10. The van der Waals surface area contributed by atoms with Gasteiger partial charge in [-0.05, 0) is 42.5 Å². The first-order chi connectivity index (χ1) is 26.8. The van der Waals surface area contributed by atoms with Crippen molar-refractivity contribution in [3.63, 3.8) is 0 Å². The molecular weight excluding hydrogens is 856 g/mol. The van der Waals surface area contributed by atoms with E-state index in [2.05, 4.69) is 40.5 Å². The van der Waals surface area contributed by atoms with Crippen molar-refractivity contribution in [2.24, 2.45) is 14.1 Å². The molecule has 4 N–H and O–H groups in total. The Kier molecular flexibility index (Phi) is 12.1. The van der Waals surface area contributed by atoms with E-state index in [1.807, 2.05) is 22.6 Å². The normalized spacial score (nSPS) is 10.8. The fourth-order valence-electron chi connectivity index (χ4n) is 5.08. The molecule has 56 heavy (non-hydrogen) atoms. The van der Waals surface area contributed by atoms with Crippen LogP contribution in [-0.4, -0.2) is 56.2 Å². The zero-order chi connectivity index (χ0) is 40.1. The van der Waals surface area contributed by atoms with Gasteiger partial charge in [-0.2, -0.15) is 0 Å². The topological polar surface area (TPSA) is 152 Å². The van der Waals surface area contributed by atoms with Crippen LogP contribution >= 0.6 is 22.6 Å². The van der Waals surface area contributed by atoms with Gasteiger partial charge in [0, 0.05) is 42.1 Å². The molecule has 0 atom stereocenters. The van der Waals surface area contributed by atoms with Gasteiger partial charge in [0.1, 0.15) is 46.3 Å². The maximum atomic E-state index is 14.1. The molecule has 0 saturated carbocycles. The maximum Gasteiger partial charge on any atom is 0.491 e. The highest BCUT2D eigenvalue weighted by Crippen LogP contribution is 2.30. The van der Waals surface area contributed by atoms with Crippen LogP contribution in [0, 0.1) is 38.7 Å². The molecule has 4 aromatic carbocycles. The molecule has 4 aromatic heterocycles. The standard InChI is InChI=1S/C18H12F3N5.C12H8F2IN5.C6H6BFO2/c1-26-9-22-15-17(23-14-12(20)7-4-8-13(14)21)24-16(25-18(15)26)10-5-2-3-6-11(10)19;1-20-5-16-9-10(18-12(15)19-11(9)20)17-8-6(13)3-2-4-7(8)14;8-6-4-2-1-3-5(6)7(9)10/h2-9H,1H3,(H,23,24,25);2-5H,1H3,(H,17,18,19);1-4,9-10H. The highest BCUT2D eigenvalue weighted by atomic mass is 127. The molecule has 0 saturated heterocycles. The molecule has 0 fully saturated rings. The second kappa shape index (κ2) is 17.1. The lowest BCUT2D eigenvalue weighted by Crippen LogP contribution is -2.32. The van der Waals surface area contributed by atoms with Crippen molar-refractivity contribution in [1.29, 1.82) is 0 Å². The van der Waals surface area contributed by atoms with Crippen LogP contribution < -0.4 is 16.1 Å². The average molecular weight is 882 g/mol. The third-order valence-corrected chi connectivity index (χ3v) is 8.29. The van der Waals surface area contributed by atoms with Crippen LogP contribution in [0.5, 0.6) is 0 Å². The Balaban J connectivity index is 0.000000156. The summed E-state index contributed by atoms with van der Waals surface area (Å²) in [7, 11) is 1.77. The van der Waals surface area contributed by atoms with Crippen LogP contribution in [0.15, 0.2) is 97.6 Å². The monoisotopic (exact) mass is 882 g/mol. The summed E-state index contributed by atoms with van der Waals surface area (Å²) in [6, 6.07) is 18.7. The number of aryl methyl sites for hydroxylation is 2. The predicted molar refractivity (Wildman–Crippen MR) is 206 cm³/mol. The third-order valence-electron chi connectivity index (χ3n) is 7.80. The summed E-state index contributed by atoms with van der Waals surface area (Å²) in [5.74, 6) is -3.61. The van der Waals surface area contributed by atoms with E-state index >= 15 is 0 Å². The average Bonchev–Trinajstić information content (AvgIpc) is 3.73. The van der Waals surface area contributed by atoms with Crippen molar-refractivity contribution in [3.8, 4) is 11.4 Å². The molecule has 0 spiro atoms. The van der Waals surface area contributed by atoms with E-state index in [1.165, 1.54) is 67.0 Å². The lowest BCUT2D eigenvalue weighted by molar-refractivity contribution is 0.423. The fraction of sp³-hybridized carbons (Fsp3) is 0.0556. The summed E-state index contributed by atoms with van der Waals surface area (Å²) in [5.41, 5.74) is 1.22. The van der Waals surface area contributed by atoms with Gasteiger partial charge >= 0.3 is 7.12 Å². The number of hydrogen-bond acceptors (Lipinski definition) is 10. The van der Waals surface area contributed by atoms with Gasteiger partial charge in [0.25, 0.3) is 0 Å². The fourth-order valence-corrected chi connectivity index (χ4v) is 5.55. The molecular formula is C36H26BF6IN10O2. The number of rotatable bonds is 6. The molecule has 4 heterocycles. The number of halogens is 7. The van der Waals surface area contributed by atoms with Gasteiger partial charge in [-0.1, -0.05) is 42.5 Å². The highest BCUT2D eigenvalue weighted by molar-refractivity contribution is 14.1. The van der Waals surface area contributed by atoms with Crippen molar-refractivity contribution in [2.75, 3.05) is 10.6 Å². The largest absolute Gasteiger partial charge is 0.491 e. The number of imidazole rings is 2. The summed E-state index contributed by atoms with van der Waals surface area (Å²) in [6.45, 7) is 0. The summed E-state index contributed by atoms with van der Waals surface area (Å²) < 4.78 is 85.8. The van der Waals surface area contributed by atoms with Crippen molar-refractivity contribution in [2.45, 2.75) is 0 Å². The van der Waals surface area contributed by atoms with E-state index in [9.17, 15) is 26.3 Å². The third kappa shape index (κ3) is 8.71. The van der Waals surface area contributed by atoms with E-state index in [1.54, 1.807) is 41.7 Å². The van der Waals surface area contributed by atoms with Crippen molar-refractivity contribution >= 4 is 80.5 Å². The number of fused-ring (bicyclic) bond motifs is 2. The number of benzene rings is 4. The molecule has 8 rings (SSSR count). The number of nitrogens with zero attached hydrogens (tertiary/aromatic N) is 8. The molecule has 8 aromatic rings. The van der Waals surface area contributed by atoms with Gasteiger partial charge < -0.3 is 29.8 Å². The summed E-state index contributed by atoms with van der Waals surface area (Å²) in [5, 5.41) is 22.3. The first kappa shape index (κ1) is 39.6. The van der Waals surface area contributed by atoms with E-state index in [0.29, 0.717) is 26.2 Å². The number of nitrogens with one attached hydrogen (secondary N) is 2. The quantitative estimate of drug-likeness (QED) is 0.0616. The molecule has 12 nitrogen and oxygen atoms in total. The first-order valence-electron chi connectivity index (χ1n) is 16.1. The molecule has 0 bridgehead atoms. The van der Waals surface area contributed by atoms with E-state index in [-0.39, 0.29) is 39.9 Å². The van der Waals surface area contributed by atoms with Crippen LogP contribution in [0.1, 0.15) is 0 Å². The maximum absolute atomic E-state index is 14.1. The highest BCUT2D eigenvalue weighted by Gasteiger charge is 2.19.